The molecule has 0 bridgehead atoms. The number of nitrogens with one attached hydrogen (secondary N) is 1. The van der Waals surface area contributed by atoms with Crippen molar-refractivity contribution in [3.8, 4) is 0 Å². The minimum atomic E-state index is 0.395. The monoisotopic (exact) mass is 266 g/mol. The lowest BCUT2D eigenvalue weighted by atomic mass is 10.2. The smallest absolute Gasteiger partial charge is 0.0703 e. The van der Waals surface area contributed by atoms with Gasteiger partial charge in [-0.2, -0.15) is 5.10 Å². The van der Waals surface area contributed by atoms with Gasteiger partial charge in [-0.25, -0.2) is 0 Å². The molecule has 102 valence electrons. The number of hydrogen-bond acceptors (Lipinski definition) is 3. The van der Waals surface area contributed by atoms with Crippen molar-refractivity contribution in [2.45, 2.75) is 26.4 Å². The minimum Gasteiger partial charge on any atom is -0.380 e. The Morgan fingerprint density at radius 3 is 2.85 bits per heavy atom. The van der Waals surface area contributed by atoms with Crippen molar-refractivity contribution in [2.75, 3.05) is 5.32 Å². The molecule has 0 radical (unpaired) electrons. The Hall–Kier alpha value is -2.36. The Labute approximate surface area is 118 Å². The molecule has 3 aromatic rings. The molecule has 3 rings (SSSR count). The molecule has 2 aromatic heterocycles. The lowest BCUT2D eigenvalue weighted by Crippen LogP contribution is -2.01. The number of benzene rings is 1. The maximum Gasteiger partial charge on any atom is 0.0703 e. The minimum absolute atomic E-state index is 0.395. The Morgan fingerprint density at radius 1 is 1.20 bits per heavy atom. The molecule has 0 aliphatic heterocycles. The molecule has 4 nitrogen and oxygen atoms in total. The molecular formula is C16H18N4. The fourth-order valence-corrected chi connectivity index (χ4v) is 2.12. The van der Waals surface area contributed by atoms with E-state index in [1.165, 1.54) is 5.56 Å². The molecule has 0 unspecified atom stereocenters. The Bertz CT molecular complexity index is 715. The van der Waals surface area contributed by atoms with Crippen LogP contribution in [0.2, 0.25) is 0 Å². The van der Waals surface area contributed by atoms with E-state index in [9.17, 15) is 0 Å². The molecule has 4 heteroatoms. The van der Waals surface area contributed by atoms with E-state index >= 15 is 0 Å². The average Bonchev–Trinajstić information content (AvgIpc) is 2.94. The van der Waals surface area contributed by atoms with Gasteiger partial charge < -0.3 is 5.32 Å². The normalized spacial score (nSPS) is 11.2. The topological polar surface area (TPSA) is 42.7 Å². The highest BCUT2D eigenvalue weighted by molar-refractivity contribution is 5.81. The van der Waals surface area contributed by atoms with E-state index in [4.69, 9.17) is 0 Å². The first-order chi connectivity index (χ1) is 9.72. The summed E-state index contributed by atoms with van der Waals surface area (Å²) >= 11 is 0. The number of fused-ring (bicyclic) bond motifs is 1. The summed E-state index contributed by atoms with van der Waals surface area (Å²) in [5, 5.41) is 8.88. The van der Waals surface area contributed by atoms with Crippen LogP contribution < -0.4 is 5.32 Å². The zero-order valence-electron chi connectivity index (χ0n) is 11.7. The predicted octanol–water partition coefficient (Wildman–Crippen LogP) is 3.62. The van der Waals surface area contributed by atoms with Gasteiger partial charge in [0, 0.05) is 29.7 Å². The van der Waals surface area contributed by atoms with Gasteiger partial charge in [-0.15, -0.1) is 0 Å². The van der Waals surface area contributed by atoms with E-state index in [-0.39, 0.29) is 0 Å². The number of aromatic nitrogens is 3. The van der Waals surface area contributed by atoms with E-state index in [0.29, 0.717) is 6.04 Å². The van der Waals surface area contributed by atoms with Crippen molar-refractivity contribution in [3.63, 3.8) is 0 Å². The van der Waals surface area contributed by atoms with Gasteiger partial charge >= 0.3 is 0 Å². The molecule has 0 saturated carbocycles. The van der Waals surface area contributed by atoms with Gasteiger partial charge in [0.2, 0.25) is 0 Å². The highest BCUT2D eigenvalue weighted by Crippen LogP contribution is 2.16. The first kappa shape index (κ1) is 12.7. The molecule has 0 aliphatic rings. The molecule has 0 amide bonds. The van der Waals surface area contributed by atoms with Crippen molar-refractivity contribution >= 4 is 16.6 Å². The number of hydrogen-bond donors (Lipinski definition) is 1. The molecule has 0 aliphatic carbocycles. The summed E-state index contributed by atoms with van der Waals surface area (Å²) in [6.07, 6.45) is 5.85. The molecule has 0 atom stereocenters. The number of anilines is 1. The van der Waals surface area contributed by atoms with E-state index in [0.717, 1.165) is 23.1 Å². The van der Waals surface area contributed by atoms with Crippen LogP contribution in [0, 0.1) is 0 Å². The van der Waals surface area contributed by atoms with Gasteiger partial charge in [0.25, 0.3) is 0 Å². The SMILES string of the molecule is CC(C)n1cc(CNc2cnc3ccccc3c2)cn1. The van der Waals surface area contributed by atoms with E-state index in [2.05, 4.69) is 47.6 Å². The second-order valence-electron chi connectivity index (χ2n) is 5.19. The lowest BCUT2D eigenvalue weighted by molar-refractivity contribution is 0.532. The highest BCUT2D eigenvalue weighted by Gasteiger charge is 2.02. The van der Waals surface area contributed by atoms with Crippen LogP contribution in [0.15, 0.2) is 48.9 Å². The molecule has 20 heavy (non-hydrogen) atoms. The second-order valence-corrected chi connectivity index (χ2v) is 5.19. The van der Waals surface area contributed by atoms with Crippen LogP contribution in [0.5, 0.6) is 0 Å². The maximum absolute atomic E-state index is 4.44. The summed E-state index contributed by atoms with van der Waals surface area (Å²) in [5.41, 5.74) is 3.22. The quantitative estimate of drug-likeness (QED) is 0.784. The van der Waals surface area contributed by atoms with Crippen molar-refractivity contribution < 1.29 is 0 Å². The molecule has 0 spiro atoms. The second kappa shape index (κ2) is 5.33. The van der Waals surface area contributed by atoms with Crippen molar-refractivity contribution in [1.82, 2.24) is 14.8 Å². The van der Waals surface area contributed by atoms with Crippen LogP contribution in [0.1, 0.15) is 25.5 Å². The molecule has 0 saturated heterocycles. The van der Waals surface area contributed by atoms with Crippen molar-refractivity contribution in [3.05, 3.63) is 54.5 Å². The van der Waals surface area contributed by atoms with Crippen LogP contribution in [0.4, 0.5) is 5.69 Å². The molecule has 0 fully saturated rings. The number of para-hydroxylation sites is 1. The summed E-state index contributed by atoms with van der Waals surface area (Å²) in [6.45, 7) is 5.00. The zero-order valence-corrected chi connectivity index (χ0v) is 11.7. The Morgan fingerprint density at radius 2 is 2.05 bits per heavy atom. The average molecular weight is 266 g/mol. The molecular weight excluding hydrogens is 248 g/mol. The van der Waals surface area contributed by atoms with Crippen LogP contribution in [-0.2, 0) is 6.54 Å². The summed E-state index contributed by atoms with van der Waals surface area (Å²) in [7, 11) is 0. The maximum atomic E-state index is 4.44. The van der Waals surface area contributed by atoms with Gasteiger partial charge in [0.1, 0.15) is 0 Å². The molecule has 1 N–H and O–H groups in total. The van der Waals surface area contributed by atoms with Gasteiger partial charge in [-0.05, 0) is 26.0 Å². The van der Waals surface area contributed by atoms with E-state index in [1.807, 2.05) is 35.3 Å². The third kappa shape index (κ3) is 2.64. The molecule has 2 heterocycles. The number of pyridine rings is 1. The fourth-order valence-electron chi connectivity index (χ4n) is 2.12. The zero-order chi connectivity index (χ0) is 13.9. The lowest BCUT2D eigenvalue weighted by Gasteiger charge is -2.06. The Balaban J connectivity index is 1.72. The number of rotatable bonds is 4. The first-order valence-corrected chi connectivity index (χ1v) is 6.84. The van der Waals surface area contributed by atoms with Crippen LogP contribution in [0.25, 0.3) is 10.9 Å². The van der Waals surface area contributed by atoms with Crippen molar-refractivity contribution in [2.24, 2.45) is 0 Å². The van der Waals surface area contributed by atoms with E-state index < -0.39 is 0 Å². The van der Waals surface area contributed by atoms with Gasteiger partial charge in [-0.1, -0.05) is 18.2 Å². The largest absolute Gasteiger partial charge is 0.380 e. The Kier molecular flexibility index (Phi) is 3.37. The van der Waals surface area contributed by atoms with Crippen molar-refractivity contribution in [1.29, 1.82) is 0 Å². The summed E-state index contributed by atoms with van der Waals surface area (Å²) < 4.78 is 1.97. The van der Waals surface area contributed by atoms with Gasteiger partial charge in [-0.3, -0.25) is 9.67 Å². The third-order valence-electron chi connectivity index (χ3n) is 3.27. The standard InChI is InChI=1S/C16H18N4/c1-12(2)20-11-13(9-19-20)8-17-15-7-14-5-3-4-6-16(14)18-10-15/h3-7,9-12,17H,8H2,1-2H3. The van der Waals surface area contributed by atoms with Gasteiger partial charge in [0.15, 0.2) is 0 Å². The first-order valence-electron chi connectivity index (χ1n) is 6.84. The van der Waals surface area contributed by atoms with Crippen LogP contribution in [0.3, 0.4) is 0 Å². The highest BCUT2D eigenvalue weighted by atomic mass is 15.3. The van der Waals surface area contributed by atoms with Gasteiger partial charge in [0.05, 0.1) is 23.6 Å². The third-order valence-corrected chi connectivity index (χ3v) is 3.27. The summed E-state index contributed by atoms with van der Waals surface area (Å²) in [5.74, 6) is 0. The van der Waals surface area contributed by atoms with Crippen LogP contribution in [-0.4, -0.2) is 14.8 Å². The summed E-state index contributed by atoms with van der Waals surface area (Å²) in [6, 6.07) is 10.6. The van der Waals surface area contributed by atoms with Crippen LogP contribution >= 0.6 is 0 Å². The summed E-state index contributed by atoms with van der Waals surface area (Å²) in [4.78, 5) is 4.44. The fraction of sp³-hybridized carbons (Fsp3) is 0.250. The predicted molar refractivity (Wildman–Crippen MR) is 81.7 cm³/mol. The van der Waals surface area contributed by atoms with E-state index in [1.54, 1.807) is 0 Å². The molecule has 1 aromatic carbocycles. The number of nitrogens with zero attached hydrogens (tertiary/aromatic N) is 3.